The van der Waals surface area contributed by atoms with Gasteiger partial charge in [0.1, 0.15) is 11.2 Å². The van der Waals surface area contributed by atoms with Crippen LogP contribution in [0.4, 0.5) is 5.69 Å². The standard InChI is InChI=1S/C17H22N4O2/c1-16(2,11-18)21-14(22)13-10-12(6-9-19-13)20-15(23)17(3)7-4-5-8-17/h6,9-10H,4-5,7-8H2,1-3H3,(H,21,22)(H,19,20,23). The largest absolute Gasteiger partial charge is 0.333 e. The lowest BCUT2D eigenvalue weighted by Crippen LogP contribution is -2.42. The molecule has 6 heteroatoms. The van der Waals surface area contributed by atoms with Crippen molar-refractivity contribution in [2.45, 2.75) is 52.0 Å². The SMILES string of the molecule is CC(C)(C#N)NC(=O)c1cc(NC(=O)C2(C)CCCC2)ccn1. The molecule has 1 heterocycles. The zero-order valence-corrected chi connectivity index (χ0v) is 13.8. The second kappa shape index (κ2) is 6.37. The Kier molecular flexibility index (Phi) is 4.69. The van der Waals surface area contributed by atoms with E-state index < -0.39 is 11.4 Å². The summed E-state index contributed by atoms with van der Waals surface area (Å²) in [4.78, 5) is 28.6. The van der Waals surface area contributed by atoms with Gasteiger partial charge in [-0.3, -0.25) is 14.6 Å². The fourth-order valence-electron chi connectivity index (χ4n) is 2.67. The zero-order valence-electron chi connectivity index (χ0n) is 13.8. The predicted molar refractivity (Wildman–Crippen MR) is 86.6 cm³/mol. The van der Waals surface area contributed by atoms with Crippen LogP contribution in [-0.2, 0) is 4.79 Å². The third kappa shape index (κ3) is 4.07. The highest BCUT2D eigenvalue weighted by atomic mass is 16.2. The van der Waals surface area contributed by atoms with E-state index in [-0.39, 0.29) is 17.0 Å². The van der Waals surface area contributed by atoms with Crippen LogP contribution in [-0.4, -0.2) is 22.3 Å². The lowest BCUT2D eigenvalue weighted by molar-refractivity contribution is -0.124. The maximum absolute atomic E-state index is 12.4. The molecule has 1 fully saturated rings. The topological polar surface area (TPSA) is 94.9 Å². The van der Waals surface area contributed by atoms with Gasteiger partial charge in [-0.1, -0.05) is 19.8 Å². The predicted octanol–water partition coefficient (Wildman–Crippen LogP) is 2.63. The van der Waals surface area contributed by atoms with E-state index in [2.05, 4.69) is 15.6 Å². The number of anilines is 1. The molecule has 0 aliphatic heterocycles. The smallest absolute Gasteiger partial charge is 0.271 e. The maximum Gasteiger partial charge on any atom is 0.271 e. The summed E-state index contributed by atoms with van der Waals surface area (Å²) in [6.45, 7) is 5.19. The molecule has 2 N–H and O–H groups in total. The molecule has 122 valence electrons. The van der Waals surface area contributed by atoms with Gasteiger partial charge in [-0.2, -0.15) is 5.26 Å². The van der Waals surface area contributed by atoms with Gasteiger partial charge in [-0.15, -0.1) is 0 Å². The van der Waals surface area contributed by atoms with E-state index in [1.54, 1.807) is 19.9 Å². The molecular formula is C17H22N4O2. The molecule has 0 bridgehead atoms. The second-order valence-corrected chi connectivity index (χ2v) is 6.84. The molecule has 2 amide bonds. The quantitative estimate of drug-likeness (QED) is 0.893. The first kappa shape index (κ1) is 16.9. The Balaban J connectivity index is 2.10. The van der Waals surface area contributed by atoms with E-state index >= 15 is 0 Å². The molecule has 1 aromatic rings. The maximum atomic E-state index is 12.4. The highest BCUT2D eigenvalue weighted by Gasteiger charge is 2.36. The summed E-state index contributed by atoms with van der Waals surface area (Å²) in [5.74, 6) is -0.468. The minimum absolute atomic E-state index is 0.0232. The number of hydrogen-bond acceptors (Lipinski definition) is 4. The molecule has 0 radical (unpaired) electrons. The molecule has 23 heavy (non-hydrogen) atoms. The summed E-state index contributed by atoms with van der Waals surface area (Å²) in [5, 5.41) is 14.4. The summed E-state index contributed by atoms with van der Waals surface area (Å²) in [6.07, 6.45) is 5.37. The van der Waals surface area contributed by atoms with Gasteiger partial charge in [0, 0.05) is 17.3 Å². The van der Waals surface area contributed by atoms with Crippen LogP contribution in [0.25, 0.3) is 0 Å². The Morgan fingerprint density at radius 3 is 2.61 bits per heavy atom. The fourth-order valence-corrected chi connectivity index (χ4v) is 2.67. The van der Waals surface area contributed by atoms with Crippen molar-refractivity contribution >= 4 is 17.5 Å². The van der Waals surface area contributed by atoms with Crippen molar-refractivity contribution in [3.63, 3.8) is 0 Å². The molecule has 1 aromatic heterocycles. The monoisotopic (exact) mass is 314 g/mol. The van der Waals surface area contributed by atoms with Crippen LogP contribution < -0.4 is 10.6 Å². The van der Waals surface area contributed by atoms with Gasteiger partial charge in [0.15, 0.2) is 0 Å². The van der Waals surface area contributed by atoms with Gasteiger partial charge < -0.3 is 10.6 Å². The Hall–Kier alpha value is -2.42. The average Bonchev–Trinajstić information content (AvgIpc) is 2.95. The summed E-state index contributed by atoms with van der Waals surface area (Å²) in [6, 6.07) is 5.18. The summed E-state index contributed by atoms with van der Waals surface area (Å²) >= 11 is 0. The van der Waals surface area contributed by atoms with E-state index in [1.165, 1.54) is 12.3 Å². The molecule has 1 aliphatic rings. The van der Waals surface area contributed by atoms with Crippen molar-refractivity contribution in [1.82, 2.24) is 10.3 Å². The first-order valence-corrected chi connectivity index (χ1v) is 7.77. The van der Waals surface area contributed by atoms with Crippen LogP contribution in [0.15, 0.2) is 18.3 Å². The molecular weight excluding hydrogens is 292 g/mol. The van der Waals surface area contributed by atoms with E-state index in [1.807, 2.05) is 13.0 Å². The van der Waals surface area contributed by atoms with Crippen molar-refractivity contribution in [3.8, 4) is 6.07 Å². The van der Waals surface area contributed by atoms with Crippen LogP contribution in [0.2, 0.25) is 0 Å². The van der Waals surface area contributed by atoms with Gasteiger partial charge in [-0.25, -0.2) is 0 Å². The minimum atomic E-state index is -0.977. The molecule has 0 atom stereocenters. The highest BCUT2D eigenvalue weighted by Crippen LogP contribution is 2.38. The summed E-state index contributed by atoms with van der Waals surface area (Å²) < 4.78 is 0. The van der Waals surface area contributed by atoms with Crippen LogP contribution in [0.1, 0.15) is 56.9 Å². The van der Waals surface area contributed by atoms with Gasteiger partial charge in [0.05, 0.1) is 6.07 Å². The van der Waals surface area contributed by atoms with Crippen molar-refractivity contribution in [3.05, 3.63) is 24.0 Å². The normalized spacial score (nSPS) is 16.4. The van der Waals surface area contributed by atoms with Crippen LogP contribution >= 0.6 is 0 Å². The zero-order chi connectivity index (χ0) is 17.1. The molecule has 0 unspecified atom stereocenters. The van der Waals surface area contributed by atoms with Gasteiger partial charge in [-0.05, 0) is 38.8 Å². The van der Waals surface area contributed by atoms with Crippen LogP contribution in [0.3, 0.4) is 0 Å². The second-order valence-electron chi connectivity index (χ2n) is 6.84. The summed E-state index contributed by atoms with van der Waals surface area (Å²) in [7, 11) is 0. The number of pyridine rings is 1. The van der Waals surface area contributed by atoms with Gasteiger partial charge >= 0.3 is 0 Å². The van der Waals surface area contributed by atoms with Crippen molar-refractivity contribution in [2.24, 2.45) is 5.41 Å². The number of rotatable bonds is 4. The summed E-state index contributed by atoms with van der Waals surface area (Å²) in [5.41, 5.74) is -0.607. The average molecular weight is 314 g/mol. The molecule has 0 aromatic carbocycles. The van der Waals surface area contributed by atoms with Crippen LogP contribution in [0.5, 0.6) is 0 Å². The number of nitrogens with zero attached hydrogens (tertiary/aromatic N) is 2. The van der Waals surface area contributed by atoms with Gasteiger partial charge in [0.25, 0.3) is 5.91 Å². The number of carbonyl (C=O) groups is 2. The molecule has 2 rings (SSSR count). The van der Waals surface area contributed by atoms with E-state index in [9.17, 15) is 9.59 Å². The van der Waals surface area contributed by atoms with E-state index in [0.29, 0.717) is 5.69 Å². The number of nitrogens with one attached hydrogen (secondary N) is 2. The third-order valence-corrected chi connectivity index (χ3v) is 4.21. The third-order valence-electron chi connectivity index (χ3n) is 4.21. The van der Waals surface area contributed by atoms with Crippen LogP contribution in [0, 0.1) is 16.7 Å². The lowest BCUT2D eigenvalue weighted by Gasteiger charge is -2.22. The number of amides is 2. The number of aromatic nitrogens is 1. The Bertz CT molecular complexity index is 655. The van der Waals surface area contributed by atoms with E-state index in [4.69, 9.17) is 5.26 Å². The highest BCUT2D eigenvalue weighted by molar-refractivity contribution is 5.98. The van der Waals surface area contributed by atoms with Gasteiger partial charge in [0.2, 0.25) is 5.91 Å². The van der Waals surface area contributed by atoms with Crippen molar-refractivity contribution in [2.75, 3.05) is 5.32 Å². The molecule has 0 spiro atoms. The first-order valence-electron chi connectivity index (χ1n) is 7.77. The van der Waals surface area contributed by atoms with Crippen molar-refractivity contribution in [1.29, 1.82) is 5.26 Å². The number of carbonyl (C=O) groups excluding carboxylic acids is 2. The minimum Gasteiger partial charge on any atom is -0.333 e. The first-order chi connectivity index (χ1) is 10.8. The molecule has 1 aliphatic carbocycles. The fraction of sp³-hybridized carbons (Fsp3) is 0.529. The number of hydrogen-bond donors (Lipinski definition) is 2. The number of nitriles is 1. The Morgan fingerprint density at radius 2 is 2.00 bits per heavy atom. The molecule has 1 saturated carbocycles. The van der Waals surface area contributed by atoms with Crippen molar-refractivity contribution < 1.29 is 9.59 Å². The molecule has 0 saturated heterocycles. The lowest BCUT2D eigenvalue weighted by atomic mass is 9.88. The Labute approximate surface area is 136 Å². The molecule has 6 nitrogen and oxygen atoms in total. The van der Waals surface area contributed by atoms with E-state index in [0.717, 1.165) is 25.7 Å². The Morgan fingerprint density at radius 1 is 1.35 bits per heavy atom.